The second-order valence-corrected chi connectivity index (χ2v) is 3.43. The molecule has 0 fully saturated rings. The molecule has 68 valence electrons. The summed E-state index contributed by atoms with van der Waals surface area (Å²) in [5.74, 6) is 0. The normalized spacial score (nSPS) is 19.7. The van der Waals surface area contributed by atoms with Crippen molar-refractivity contribution in [2.45, 2.75) is 0 Å². The second-order valence-electron chi connectivity index (χ2n) is 3.43. The van der Waals surface area contributed by atoms with Crippen LogP contribution in [0.25, 0.3) is 0 Å². The van der Waals surface area contributed by atoms with Gasteiger partial charge < -0.3 is 4.90 Å². The molecule has 1 aliphatic heterocycles. The highest BCUT2D eigenvalue weighted by Gasteiger charge is 2.18. The Bertz CT molecular complexity index is 216. The number of hydrogen-bond donors (Lipinski definition) is 0. The first-order chi connectivity index (χ1) is 5.65. The van der Waals surface area contributed by atoms with Crippen molar-refractivity contribution in [1.82, 2.24) is 9.80 Å². The van der Waals surface area contributed by atoms with E-state index in [9.17, 15) is 0 Å². The predicted octanol–water partition coefficient (Wildman–Crippen LogP) is 0.448. The van der Waals surface area contributed by atoms with Gasteiger partial charge in [-0.3, -0.25) is 9.89 Å². The molecule has 3 heteroatoms. The van der Waals surface area contributed by atoms with Gasteiger partial charge in [0.1, 0.15) is 0 Å². The highest BCUT2D eigenvalue weighted by molar-refractivity contribution is 5.80. The van der Waals surface area contributed by atoms with E-state index in [1.165, 1.54) is 11.3 Å². The van der Waals surface area contributed by atoms with Gasteiger partial charge in [0.05, 0.1) is 0 Å². The minimum atomic E-state index is 1.02. The molecule has 0 saturated heterocycles. The summed E-state index contributed by atoms with van der Waals surface area (Å²) in [7, 11) is 8.11. The SMILES string of the molecule is CN=CC1=C(N(C)C)CN(C)C1. The summed E-state index contributed by atoms with van der Waals surface area (Å²) in [4.78, 5) is 8.50. The molecular weight excluding hydrogens is 150 g/mol. The molecule has 1 rings (SSSR count). The van der Waals surface area contributed by atoms with Gasteiger partial charge in [0.15, 0.2) is 0 Å². The fourth-order valence-electron chi connectivity index (χ4n) is 1.49. The maximum atomic E-state index is 4.05. The maximum absolute atomic E-state index is 4.05. The molecule has 3 nitrogen and oxygen atoms in total. The van der Waals surface area contributed by atoms with E-state index in [1.807, 2.05) is 13.3 Å². The van der Waals surface area contributed by atoms with Crippen LogP contribution in [0.15, 0.2) is 16.3 Å². The molecule has 0 aromatic carbocycles. The van der Waals surface area contributed by atoms with Crippen molar-refractivity contribution in [3.8, 4) is 0 Å². The molecule has 0 aromatic rings. The quantitative estimate of drug-likeness (QED) is 0.556. The van der Waals surface area contributed by atoms with Gasteiger partial charge in [-0.2, -0.15) is 0 Å². The smallest absolute Gasteiger partial charge is 0.0388 e. The Hall–Kier alpha value is -0.830. The minimum Gasteiger partial charge on any atom is -0.380 e. The summed E-state index contributed by atoms with van der Waals surface area (Å²) in [6, 6.07) is 0. The summed E-state index contributed by atoms with van der Waals surface area (Å²) in [6.07, 6.45) is 1.96. The molecule has 0 aliphatic carbocycles. The van der Waals surface area contributed by atoms with Crippen molar-refractivity contribution >= 4 is 6.21 Å². The van der Waals surface area contributed by atoms with Gasteiger partial charge >= 0.3 is 0 Å². The first kappa shape index (κ1) is 9.26. The van der Waals surface area contributed by atoms with Crippen LogP contribution in [0.2, 0.25) is 0 Å². The van der Waals surface area contributed by atoms with Gasteiger partial charge in [-0.1, -0.05) is 0 Å². The predicted molar refractivity (Wildman–Crippen MR) is 52.6 cm³/mol. The van der Waals surface area contributed by atoms with E-state index in [2.05, 4.69) is 35.9 Å². The Kier molecular flexibility index (Phi) is 2.87. The molecule has 0 unspecified atom stereocenters. The zero-order valence-electron chi connectivity index (χ0n) is 8.33. The first-order valence-corrected chi connectivity index (χ1v) is 4.15. The van der Waals surface area contributed by atoms with Crippen molar-refractivity contribution in [2.24, 2.45) is 4.99 Å². The minimum absolute atomic E-state index is 1.02. The Morgan fingerprint density at radius 3 is 2.58 bits per heavy atom. The largest absolute Gasteiger partial charge is 0.380 e. The lowest BCUT2D eigenvalue weighted by molar-refractivity contribution is 0.390. The second kappa shape index (κ2) is 3.72. The summed E-state index contributed by atoms with van der Waals surface area (Å²) >= 11 is 0. The van der Waals surface area contributed by atoms with Crippen LogP contribution in [0.3, 0.4) is 0 Å². The summed E-state index contributed by atoms with van der Waals surface area (Å²) in [6.45, 7) is 2.05. The maximum Gasteiger partial charge on any atom is 0.0388 e. The van der Waals surface area contributed by atoms with E-state index in [0.717, 1.165) is 13.1 Å². The highest BCUT2D eigenvalue weighted by atomic mass is 15.2. The Morgan fingerprint density at radius 1 is 1.42 bits per heavy atom. The van der Waals surface area contributed by atoms with Crippen LogP contribution in [0.4, 0.5) is 0 Å². The number of aliphatic imine (C=N–C) groups is 1. The van der Waals surface area contributed by atoms with Crippen molar-refractivity contribution < 1.29 is 0 Å². The van der Waals surface area contributed by atoms with Crippen LogP contribution < -0.4 is 0 Å². The fourth-order valence-corrected chi connectivity index (χ4v) is 1.49. The summed E-state index contributed by atoms with van der Waals surface area (Å²) < 4.78 is 0. The van der Waals surface area contributed by atoms with Crippen LogP contribution in [0.5, 0.6) is 0 Å². The molecule has 1 heterocycles. The van der Waals surface area contributed by atoms with Crippen LogP contribution in [0.1, 0.15) is 0 Å². The number of rotatable bonds is 2. The van der Waals surface area contributed by atoms with Gasteiger partial charge in [0.2, 0.25) is 0 Å². The van der Waals surface area contributed by atoms with Gasteiger partial charge in [-0.25, -0.2) is 0 Å². The van der Waals surface area contributed by atoms with E-state index < -0.39 is 0 Å². The average molecular weight is 167 g/mol. The van der Waals surface area contributed by atoms with Gasteiger partial charge in [0.25, 0.3) is 0 Å². The zero-order chi connectivity index (χ0) is 9.14. The van der Waals surface area contributed by atoms with E-state index in [-0.39, 0.29) is 0 Å². The van der Waals surface area contributed by atoms with Gasteiger partial charge in [0, 0.05) is 51.7 Å². The lowest BCUT2D eigenvalue weighted by Crippen LogP contribution is -2.19. The third-order valence-corrected chi connectivity index (χ3v) is 2.06. The molecule has 12 heavy (non-hydrogen) atoms. The van der Waals surface area contributed by atoms with Crippen LogP contribution >= 0.6 is 0 Å². The van der Waals surface area contributed by atoms with Crippen molar-refractivity contribution in [3.63, 3.8) is 0 Å². The molecule has 0 atom stereocenters. The average Bonchev–Trinajstić information content (AvgIpc) is 2.32. The topological polar surface area (TPSA) is 18.8 Å². The lowest BCUT2D eigenvalue weighted by Gasteiger charge is -2.15. The molecule has 0 radical (unpaired) electrons. The van der Waals surface area contributed by atoms with E-state index >= 15 is 0 Å². The standard InChI is InChI=1S/C9H17N3/c1-10-5-8-6-12(4)7-9(8)11(2)3/h5H,6-7H2,1-4H3. The Morgan fingerprint density at radius 2 is 2.08 bits per heavy atom. The number of likely N-dealkylation sites (N-methyl/N-ethyl adjacent to an activating group) is 2. The molecule has 0 N–H and O–H groups in total. The third-order valence-electron chi connectivity index (χ3n) is 2.06. The fraction of sp³-hybridized carbons (Fsp3) is 0.667. The Labute approximate surface area is 74.4 Å². The molecule has 0 aromatic heterocycles. The van der Waals surface area contributed by atoms with E-state index in [4.69, 9.17) is 0 Å². The molecule has 0 spiro atoms. The molecule has 0 saturated carbocycles. The zero-order valence-corrected chi connectivity index (χ0v) is 8.33. The number of nitrogens with zero attached hydrogens (tertiary/aromatic N) is 3. The van der Waals surface area contributed by atoms with Crippen molar-refractivity contribution in [2.75, 3.05) is 41.3 Å². The molecule has 1 aliphatic rings. The third kappa shape index (κ3) is 1.85. The van der Waals surface area contributed by atoms with Crippen molar-refractivity contribution in [1.29, 1.82) is 0 Å². The van der Waals surface area contributed by atoms with Crippen LogP contribution in [-0.4, -0.2) is 57.3 Å². The van der Waals surface area contributed by atoms with Crippen molar-refractivity contribution in [3.05, 3.63) is 11.3 Å². The lowest BCUT2D eigenvalue weighted by atomic mass is 10.2. The monoisotopic (exact) mass is 167 g/mol. The first-order valence-electron chi connectivity index (χ1n) is 4.15. The van der Waals surface area contributed by atoms with Crippen LogP contribution in [-0.2, 0) is 0 Å². The Balaban J connectivity index is 2.81. The molecular formula is C9H17N3. The van der Waals surface area contributed by atoms with Gasteiger partial charge in [-0.05, 0) is 7.05 Å². The molecule has 0 amide bonds. The van der Waals surface area contributed by atoms with E-state index in [0.29, 0.717) is 0 Å². The van der Waals surface area contributed by atoms with Crippen LogP contribution in [0, 0.1) is 0 Å². The summed E-state index contributed by atoms with van der Waals surface area (Å²) in [5, 5.41) is 0. The highest BCUT2D eigenvalue weighted by Crippen LogP contribution is 2.15. The molecule has 0 bridgehead atoms. The number of hydrogen-bond acceptors (Lipinski definition) is 3. The van der Waals surface area contributed by atoms with Gasteiger partial charge in [-0.15, -0.1) is 0 Å². The van der Waals surface area contributed by atoms with E-state index in [1.54, 1.807) is 0 Å². The summed E-state index contributed by atoms with van der Waals surface area (Å²) in [5.41, 5.74) is 2.72.